The van der Waals surface area contributed by atoms with Crippen molar-refractivity contribution in [2.24, 2.45) is 0 Å². The number of fused-ring (bicyclic) bond motifs is 1. The molecule has 0 heterocycles. The first-order valence-corrected chi connectivity index (χ1v) is 8.61. The number of hydrogen-bond acceptors (Lipinski definition) is 4. The lowest BCUT2D eigenvalue weighted by Gasteiger charge is -2.11. The maximum Gasteiger partial charge on any atom is 0.262 e. The van der Waals surface area contributed by atoms with E-state index in [-0.39, 0.29) is 24.9 Å². The molecule has 0 fully saturated rings. The first-order chi connectivity index (χ1) is 12.7. The lowest BCUT2D eigenvalue weighted by Crippen LogP contribution is -2.20. The fourth-order valence-electron chi connectivity index (χ4n) is 2.91. The highest BCUT2D eigenvalue weighted by Crippen LogP contribution is 2.26. The van der Waals surface area contributed by atoms with Gasteiger partial charge >= 0.3 is 0 Å². The smallest absolute Gasteiger partial charge is 0.262 e. The number of carbonyl (C=O) groups is 1. The zero-order valence-electron chi connectivity index (χ0n) is 14.7. The lowest BCUT2D eigenvalue weighted by molar-refractivity contribution is -0.118. The van der Waals surface area contributed by atoms with Crippen molar-refractivity contribution in [2.75, 3.05) is 32.2 Å². The zero-order valence-corrected chi connectivity index (χ0v) is 14.7. The molecule has 0 radical (unpaired) electrons. The van der Waals surface area contributed by atoms with Gasteiger partial charge in [-0.25, -0.2) is 4.39 Å². The molecule has 2 aromatic rings. The van der Waals surface area contributed by atoms with Crippen LogP contribution in [0.15, 0.2) is 36.4 Å². The van der Waals surface area contributed by atoms with Crippen molar-refractivity contribution < 1.29 is 23.4 Å². The molecule has 1 N–H and O–H groups in total. The largest absolute Gasteiger partial charge is 0.488 e. The van der Waals surface area contributed by atoms with E-state index in [1.54, 1.807) is 13.2 Å². The number of nitrogens with one attached hydrogen (secondary N) is 1. The number of carbonyl (C=O) groups excluding carboxylic acids is 1. The van der Waals surface area contributed by atoms with Crippen molar-refractivity contribution in [3.05, 3.63) is 53.3 Å². The Morgan fingerprint density at radius 3 is 2.73 bits per heavy atom. The SMILES string of the molecule is COCCOc1ccc(NC(=O)COc2ccc3c(c2)CCC3)cc1F. The Labute approximate surface area is 152 Å². The summed E-state index contributed by atoms with van der Waals surface area (Å²) in [6.45, 7) is 0.498. The van der Waals surface area contributed by atoms with Crippen molar-refractivity contribution in [2.45, 2.75) is 19.3 Å². The van der Waals surface area contributed by atoms with Crippen molar-refractivity contribution in [3.63, 3.8) is 0 Å². The minimum Gasteiger partial charge on any atom is -0.488 e. The van der Waals surface area contributed by atoms with Gasteiger partial charge in [-0.15, -0.1) is 0 Å². The number of methoxy groups -OCH3 is 1. The van der Waals surface area contributed by atoms with E-state index in [1.165, 1.54) is 23.3 Å². The molecule has 1 aliphatic carbocycles. The second kappa shape index (κ2) is 8.67. The Hall–Kier alpha value is -2.60. The van der Waals surface area contributed by atoms with Crippen LogP contribution in [0.2, 0.25) is 0 Å². The van der Waals surface area contributed by atoms with Crippen LogP contribution in [0.25, 0.3) is 0 Å². The van der Waals surface area contributed by atoms with Gasteiger partial charge in [0.15, 0.2) is 18.2 Å². The van der Waals surface area contributed by atoms with Crippen molar-refractivity contribution >= 4 is 11.6 Å². The number of halogens is 1. The standard InChI is InChI=1S/C20H22FNO4/c1-24-9-10-25-19-8-6-16(12-18(19)21)22-20(23)13-26-17-7-5-14-3-2-4-15(14)11-17/h5-8,11-12H,2-4,9-10,13H2,1H3,(H,22,23). The number of hydrogen-bond donors (Lipinski definition) is 1. The third-order valence-electron chi connectivity index (χ3n) is 4.20. The van der Waals surface area contributed by atoms with E-state index in [1.807, 2.05) is 18.2 Å². The second-order valence-corrected chi connectivity index (χ2v) is 6.11. The molecule has 0 aliphatic heterocycles. The molecule has 0 aromatic heterocycles. The average molecular weight is 359 g/mol. The number of amides is 1. The van der Waals surface area contributed by atoms with Gasteiger partial charge in [-0.2, -0.15) is 0 Å². The third kappa shape index (κ3) is 4.73. The first kappa shape index (κ1) is 18.2. The van der Waals surface area contributed by atoms with Crippen LogP contribution in [-0.2, 0) is 22.4 Å². The van der Waals surface area contributed by atoms with E-state index in [0.717, 1.165) is 19.3 Å². The van der Waals surface area contributed by atoms with Gasteiger partial charge < -0.3 is 19.5 Å². The highest BCUT2D eigenvalue weighted by atomic mass is 19.1. The maximum absolute atomic E-state index is 14.0. The van der Waals surface area contributed by atoms with Crippen molar-refractivity contribution in [1.29, 1.82) is 0 Å². The number of rotatable bonds is 8. The number of benzene rings is 2. The fraction of sp³-hybridized carbons (Fsp3) is 0.350. The summed E-state index contributed by atoms with van der Waals surface area (Å²) in [6.07, 6.45) is 3.32. The van der Waals surface area contributed by atoms with Crippen molar-refractivity contribution in [1.82, 2.24) is 0 Å². The summed E-state index contributed by atoms with van der Waals surface area (Å²) in [5.41, 5.74) is 2.99. The van der Waals surface area contributed by atoms with Crippen LogP contribution in [0, 0.1) is 5.82 Å². The lowest BCUT2D eigenvalue weighted by atomic mass is 10.1. The minimum absolute atomic E-state index is 0.120. The summed E-state index contributed by atoms with van der Waals surface area (Å²) in [5.74, 6) is -0.0975. The Morgan fingerprint density at radius 2 is 1.92 bits per heavy atom. The molecule has 0 unspecified atom stereocenters. The van der Waals surface area contributed by atoms with E-state index >= 15 is 0 Å². The van der Waals surface area contributed by atoms with Gasteiger partial charge in [-0.05, 0) is 54.7 Å². The molecule has 26 heavy (non-hydrogen) atoms. The van der Waals surface area contributed by atoms with Crippen LogP contribution in [0.4, 0.5) is 10.1 Å². The second-order valence-electron chi connectivity index (χ2n) is 6.11. The first-order valence-electron chi connectivity index (χ1n) is 8.61. The summed E-state index contributed by atoms with van der Waals surface area (Å²) >= 11 is 0. The number of anilines is 1. The number of ether oxygens (including phenoxy) is 3. The van der Waals surface area contributed by atoms with Gasteiger partial charge in [0.1, 0.15) is 12.4 Å². The van der Waals surface area contributed by atoms with E-state index in [2.05, 4.69) is 5.32 Å². The fourth-order valence-corrected chi connectivity index (χ4v) is 2.91. The minimum atomic E-state index is -0.543. The highest BCUT2D eigenvalue weighted by molar-refractivity contribution is 5.91. The van der Waals surface area contributed by atoms with Gasteiger partial charge in [-0.3, -0.25) is 4.79 Å². The topological polar surface area (TPSA) is 56.8 Å². The van der Waals surface area contributed by atoms with Crippen LogP contribution in [0.1, 0.15) is 17.5 Å². The molecular formula is C20H22FNO4. The molecule has 0 saturated heterocycles. The van der Waals surface area contributed by atoms with Crippen LogP contribution >= 0.6 is 0 Å². The molecule has 0 spiro atoms. The van der Waals surface area contributed by atoms with Crippen molar-refractivity contribution in [3.8, 4) is 11.5 Å². The van der Waals surface area contributed by atoms with E-state index in [4.69, 9.17) is 14.2 Å². The summed E-state index contributed by atoms with van der Waals surface area (Å²) in [6, 6.07) is 10.2. The van der Waals surface area contributed by atoms with Gasteiger partial charge in [-0.1, -0.05) is 6.07 Å². The summed E-state index contributed by atoms with van der Waals surface area (Å²) in [4.78, 5) is 12.0. The molecule has 0 bridgehead atoms. The molecule has 1 amide bonds. The van der Waals surface area contributed by atoms with Crippen LogP contribution in [0.5, 0.6) is 11.5 Å². The Kier molecular flexibility index (Phi) is 6.07. The van der Waals surface area contributed by atoms with Gasteiger partial charge in [0.25, 0.3) is 5.91 Å². The molecule has 2 aromatic carbocycles. The molecule has 3 rings (SSSR count). The third-order valence-corrected chi connectivity index (χ3v) is 4.20. The maximum atomic E-state index is 14.0. The Morgan fingerprint density at radius 1 is 1.08 bits per heavy atom. The zero-order chi connectivity index (χ0) is 18.4. The average Bonchev–Trinajstić information content (AvgIpc) is 3.10. The van der Waals surface area contributed by atoms with Crippen LogP contribution in [0.3, 0.4) is 0 Å². The van der Waals surface area contributed by atoms with E-state index in [9.17, 15) is 9.18 Å². The van der Waals surface area contributed by atoms with E-state index in [0.29, 0.717) is 18.0 Å². The molecule has 5 nitrogen and oxygen atoms in total. The predicted molar refractivity (Wildman–Crippen MR) is 96.4 cm³/mol. The summed E-state index contributed by atoms with van der Waals surface area (Å²) in [5, 5.41) is 2.62. The quantitative estimate of drug-likeness (QED) is 0.735. The van der Waals surface area contributed by atoms with Gasteiger partial charge in [0.2, 0.25) is 0 Å². The summed E-state index contributed by atoms with van der Waals surface area (Å²) in [7, 11) is 1.54. The Balaban J connectivity index is 1.50. The highest BCUT2D eigenvalue weighted by Gasteiger charge is 2.12. The summed E-state index contributed by atoms with van der Waals surface area (Å²) < 4.78 is 29.6. The van der Waals surface area contributed by atoms with Gasteiger partial charge in [0.05, 0.1) is 6.61 Å². The molecule has 138 valence electrons. The monoisotopic (exact) mass is 359 g/mol. The predicted octanol–water partition coefficient (Wildman–Crippen LogP) is 3.36. The molecule has 0 atom stereocenters. The molecular weight excluding hydrogens is 337 g/mol. The molecule has 1 aliphatic rings. The van der Waals surface area contributed by atoms with Crippen LogP contribution in [-0.4, -0.2) is 32.8 Å². The van der Waals surface area contributed by atoms with Gasteiger partial charge in [0, 0.05) is 18.9 Å². The van der Waals surface area contributed by atoms with Crippen LogP contribution < -0.4 is 14.8 Å². The normalized spacial score (nSPS) is 12.5. The Bertz CT molecular complexity index is 778. The van der Waals surface area contributed by atoms with E-state index < -0.39 is 5.82 Å². The molecule has 6 heteroatoms. The molecule has 0 saturated carbocycles. The number of aryl methyl sites for hydroxylation is 2.